The second-order valence-corrected chi connectivity index (χ2v) is 5.35. The van der Waals surface area contributed by atoms with Crippen LogP contribution in [0.5, 0.6) is 0 Å². The third-order valence-corrected chi connectivity index (χ3v) is 3.95. The molecule has 0 bridgehead atoms. The van der Waals surface area contributed by atoms with Crippen LogP contribution >= 0.6 is 11.6 Å². The average molecular weight is 304 g/mol. The molecular weight excluding hydrogens is 289 g/mol. The molecule has 0 amide bonds. The summed E-state index contributed by atoms with van der Waals surface area (Å²) in [6.45, 7) is 2.01. The zero-order chi connectivity index (χ0) is 15.0. The van der Waals surface area contributed by atoms with Gasteiger partial charge in [0.05, 0.1) is 11.1 Å². The largest absolute Gasteiger partial charge is 0.461 e. The molecule has 0 fully saturated rings. The van der Waals surface area contributed by atoms with E-state index in [9.17, 15) is 4.39 Å². The standard InChI is InChI=1S/C17H15ClFNO/c1-2-14-16(11-5-3-4-6-15(11)21-14)17(20)10-7-8-12(18)13(19)9-10/h3-9,17H,2,20H2,1H3. The van der Waals surface area contributed by atoms with Crippen LogP contribution in [0.4, 0.5) is 4.39 Å². The van der Waals surface area contributed by atoms with Crippen molar-refractivity contribution in [2.45, 2.75) is 19.4 Å². The zero-order valence-electron chi connectivity index (χ0n) is 11.6. The second-order valence-electron chi connectivity index (χ2n) is 4.94. The van der Waals surface area contributed by atoms with E-state index in [0.717, 1.165) is 28.7 Å². The van der Waals surface area contributed by atoms with Gasteiger partial charge in [0, 0.05) is 17.4 Å². The summed E-state index contributed by atoms with van der Waals surface area (Å²) in [4.78, 5) is 0. The molecule has 108 valence electrons. The van der Waals surface area contributed by atoms with Crippen molar-refractivity contribution in [2.24, 2.45) is 5.73 Å². The van der Waals surface area contributed by atoms with Crippen molar-refractivity contribution >= 4 is 22.6 Å². The van der Waals surface area contributed by atoms with Crippen LogP contribution in [0.3, 0.4) is 0 Å². The smallest absolute Gasteiger partial charge is 0.142 e. The summed E-state index contributed by atoms with van der Waals surface area (Å²) in [6, 6.07) is 12.0. The van der Waals surface area contributed by atoms with Gasteiger partial charge in [0.25, 0.3) is 0 Å². The maximum absolute atomic E-state index is 13.7. The van der Waals surface area contributed by atoms with Gasteiger partial charge >= 0.3 is 0 Å². The highest BCUT2D eigenvalue weighted by Gasteiger charge is 2.20. The lowest BCUT2D eigenvalue weighted by Gasteiger charge is -2.13. The highest BCUT2D eigenvalue weighted by atomic mass is 35.5. The van der Waals surface area contributed by atoms with Gasteiger partial charge in [-0.15, -0.1) is 0 Å². The molecule has 1 atom stereocenters. The van der Waals surface area contributed by atoms with Crippen molar-refractivity contribution in [1.82, 2.24) is 0 Å². The van der Waals surface area contributed by atoms with E-state index >= 15 is 0 Å². The lowest BCUT2D eigenvalue weighted by molar-refractivity contribution is 0.546. The van der Waals surface area contributed by atoms with Crippen molar-refractivity contribution in [2.75, 3.05) is 0 Å². The Hall–Kier alpha value is -1.84. The lowest BCUT2D eigenvalue weighted by Crippen LogP contribution is -2.13. The van der Waals surface area contributed by atoms with Crippen LogP contribution in [0, 0.1) is 5.82 Å². The van der Waals surface area contributed by atoms with Gasteiger partial charge in [0.1, 0.15) is 17.2 Å². The monoisotopic (exact) mass is 303 g/mol. The minimum Gasteiger partial charge on any atom is -0.461 e. The summed E-state index contributed by atoms with van der Waals surface area (Å²) < 4.78 is 19.5. The molecule has 0 radical (unpaired) electrons. The van der Waals surface area contributed by atoms with Gasteiger partial charge in [-0.1, -0.05) is 42.8 Å². The first kappa shape index (κ1) is 14.1. The predicted molar refractivity (Wildman–Crippen MR) is 83.0 cm³/mol. The van der Waals surface area contributed by atoms with E-state index in [0.29, 0.717) is 5.56 Å². The van der Waals surface area contributed by atoms with Crippen LogP contribution in [0.15, 0.2) is 46.9 Å². The van der Waals surface area contributed by atoms with Crippen LogP contribution in [-0.2, 0) is 6.42 Å². The van der Waals surface area contributed by atoms with E-state index in [-0.39, 0.29) is 5.02 Å². The predicted octanol–water partition coefficient (Wildman–Crippen LogP) is 4.84. The van der Waals surface area contributed by atoms with Gasteiger partial charge in [0.15, 0.2) is 0 Å². The molecule has 2 aromatic carbocycles. The Bertz CT molecular complexity index is 797. The molecule has 21 heavy (non-hydrogen) atoms. The fraction of sp³-hybridized carbons (Fsp3) is 0.176. The van der Waals surface area contributed by atoms with Gasteiger partial charge in [-0.3, -0.25) is 0 Å². The maximum Gasteiger partial charge on any atom is 0.142 e. The Balaban J connectivity index is 2.16. The molecule has 0 spiro atoms. The second kappa shape index (κ2) is 5.51. The van der Waals surface area contributed by atoms with Gasteiger partial charge in [-0.25, -0.2) is 4.39 Å². The van der Waals surface area contributed by atoms with Gasteiger partial charge in [-0.05, 0) is 23.8 Å². The first-order valence-electron chi connectivity index (χ1n) is 6.82. The van der Waals surface area contributed by atoms with E-state index < -0.39 is 11.9 Å². The Morgan fingerprint density at radius 3 is 2.71 bits per heavy atom. The van der Waals surface area contributed by atoms with Crippen molar-refractivity contribution in [3.63, 3.8) is 0 Å². The summed E-state index contributed by atoms with van der Waals surface area (Å²) in [5.74, 6) is 0.370. The molecule has 0 aliphatic heterocycles. The molecule has 4 heteroatoms. The molecule has 1 unspecified atom stereocenters. The van der Waals surface area contributed by atoms with E-state index in [4.69, 9.17) is 21.8 Å². The van der Waals surface area contributed by atoms with Crippen LogP contribution in [0.25, 0.3) is 11.0 Å². The number of aryl methyl sites for hydroxylation is 1. The van der Waals surface area contributed by atoms with Crippen LogP contribution in [0.1, 0.15) is 29.9 Å². The number of hydrogen-bond acceptors (Lipinski definition) is 2. The van der Waals surface area contributed by atoms with E-state index in [2.05, 4.69) is 0 Å². The Morgan fingerprint density at radius 2 is 2.00 bits per heavy atom. The highest BCUT2D eigenvalue weighted by molar-refractivity contribution is 6.30. The van der Waals surface area contributed by atoms with Gasteiger partial charge in [0.2, 0.25) is 0 Å². The van der Waals surface area contributed by atoms with Crippen molar-refractivity contribution in [3.05, 3.63) is 70.2 Å². The molecule has 1 heterocycles. The SMILES string of the molecule is CCc1oc2ccccc2c1C(N)c1ccc(Cl)c(F)c1. The molecule has 2 N–H and O–H groups in total. The molecule has 0 aliphatic rings. The molecule has 3 rings (SSSR count). The van der Waals surface area contributed by atoms with E-state index in [1.165, 1.54) is 12.1 Å². The Kier molecular flexibility index (Phi) is 3.70. The molecule has 3 aromatic rings. The first-order chi connectivity index (χ1) is 10.1. The number of furan rings is 1. The summed E-state index contributed by atoms with van der Waals surface area (Å²) in [6.07, 6.45) is 0.730. The number of para-hydroxylation sites is 1. The molecular formula is C17H15ClFNO. The first-order valence-corrected chi connectivity index (χ1v) is 7.20. The van der Waals surface area contributed by atoms with Gasteiger partial charge in [-0.2, -0.15) is 0 Å². The normalized spacial score (nSPS) is 12.8. The third kappa shape index (κ3) is 2.43. The van der Waals surface area contributed by atoms with Gasteiger partial charge < -0.3 is 10.2 Å². The van der Waals surface area contributed by atoms with E-state index in [1.54, 1.807) is 6.07 Å². The number of rotatable bonds is 3. The number of nitrogens with two attached hydrogens (primary N) is 1. The number of benzene rings is 2. The minimum atomic E-state index is -0.463. The zero-order valence-corrected chi connectivity index (χ0v) is 12.3. The van der Waals surface area contributed by atoms with Crippen molar-refractivity contribution < 1.29 is 8.81 Å². The van der Waals surface area contributed by atoms with Crippen LogP contribution in [-0.4, -0.2) is 0 Å². The number of hydrogen-bond donors (Lipinski definition) is 1. The Morgan fingerprint density at radius 1 is 1.24 bits per heavy atom. The quantitative estimate of drug-likeness (QED) is 0.752. The fourth-order valence-corrected chi connectivity index (χ4v) is 2.71. The maximum atomic E-state index is 13.7. The van der Waals surface area contributed by atoms with Crippen molar-refractivity contribution in [3.8, 4) is 0 Å². The summed E-state index contributed by atoms with van der Waals surface area (Å²) in [7, 11) is 0. The highest BCUT2D eigenvalue weighted by Crippen LogP contribution is 2.34. The van der Waals surface area contributed by atoms with E-state index in [1.807, 2.05) is 31.2 Å². The van der Waals surface area contributed by atoms with Crippen LogP contribution in [0.2, 0.25) is 5.02 Å². The molecule has 0 saturated carbocycles. The molecule has 2 nitrogen and oxygen atoms in total. The minimum absolute atomic E-state index is 0.0960. The lowest BCUT2D eigenvalue weighted by atomic mass is 9.96. The number of halogens is 2. The Labute approximate surface area is 127 Å². The average Bonchev–Trinajstić information content (AvgIpc) is 2.87. The number of fused-ring (bicyclic) bond motifs is 1. The molecule has 0 aliphatic carbocycles. The molecule has 1 aromatic heterocycles. The fourth-order valence-electron chi connectivity index (χ4n) is 2.59. The third-order valence-electron chi connectivity index (χ3n) is 3.65. The molecule has 0 saturated heterocycles. The topological polar surface area (TPSA) is 39.2 Å². The summed E-state index contributed by atoms with van der Waals surface area (Å²) >= 11 is 5.73. The van der Waals surface area contributed by atoms with Crippen LogP contribution < -0.4 is 5.73 Å². The summed E-state index contributed by atoms with van der Waals surface area (Å²) in [5.41, 5.74) is 8.74. The summed E-state index contributed by atoms with van der Waals surface area (Å²) in [5, 5.41) is 1.07. The van der Waals surface area contributed by atoms with Crippen molar-refractivity contribution in [1.29, 1.82) is 0 Å².